The lowest BCUT2D eigenvalue weighted by Crippen LogP contribution is -1.86. The van der Waals surface area contributed by atoms with E-state index in [1.54, 1.807) is 0 Å². The highest BCUT2D eigenvalue weighted by Crippen LogP contribution is 2.25. The number of aromatic nitrogens is 3. The van der Waals surface area contributed by atoms with E-state index in [1.165, 1.54) is 18.2 Å². The van der Waals surface area contributed by atoms with Gasteiger partial charge in [-0.3, -0.25) is 5.10 Å². The normalized spacial score (nSPS) is 10.6. The van der Waals surface area contributed by atoms with Crippen LogP contribution in [0.1, 0.15) is 0 Å². The zero-order valence-corrected chi connectivity index (χ0v) is 10.5. The Kier molecular flexibility index (Phi) is 3.01. The number of nitrogens with one attached hydrogen (secondary N) is 1. The monoisotopic (exact) mass is 273 g/mol. The zero-order chi connectivity index (χ0) is 13.2. The van der Waals surface area contributed by atoms with Gasteiger partial charge in [0.2, 0.25) is 0 Å². The van der Waals surface area contributed by atoms with Gasteiger partial charge in [-0.05, 0) is 18.2 Å². The Bertz CT molecular complexity index is 710. The molecule has 0 atom stereocenters. The summed E-state index contributed by atoms with van der Waals surface area (Å²) in [6.07, 6.45) is 0. The second-order valence-corrected chi connectivity index (χ2v) is 4.43. The molecule has 0 amide bonds. The van der Waals surface area contributed by atoms with Gasteiger partial charge in [-0.1, -0.05) is 41.9 Å². The van der Waals surface area contributed by atoms with Crippen molar-refractivity contribution in [3.63, 3.8) is 0 Å². The van der Waals surface area contributed by atoms with E-state index in [0.29, 0.717) is 22.2 Å². The highest BCUT2D eigenvalue weighted by Gasteiger charge is 2.11. The number of H-pyrrole nitrogens is 1. The van der Waals surface area contributed by atoms with Crippen LogP contribution in [0.25, 0.3) is 22.8 Å². The van der Waals surface area contributed by atoms with Crippen LogP contribution in [0.2, 0.25) is 5.02 Å². The minimum atomic E-state index is -0.389. The number of hydrogen-bond donors (Lipinski definition) is 1. The lowest BCUT2D eigenvalue weighted by molar-refractivity contribution is 0.630. The van der Waals surface area contributed by atoms with Crippen LogP contribution in [0, 0.1) is 5.82 Å². The van der Waals surface area contributed by atoms with Crippen LogP contribution in [-0.2, 0) is 0 Å². The first-order valence-electron chi connectivity index (χ1n) is 5.67. The van der Waals surface area contributed by atoms with Crippen molar-refractivity contribution in [3.05, 3.63) is 59.4 Å². The molecule has 0 bridgehead atoms. The van der Waals surface area contributed by atoms with Gasteiger partial charge in [-0.2, -0.15) is 5.10 Å². The average Bonchev–Trinajstić information content (AvgIpc) is 2.92. The molecule has 1 heterocycles. The largest absolute Gasteiger partial charge is 0.259 e. The fourth-order valence-corrected chi connectivity index (χ4v) is 1.95. The van der Waals surface area contributed by atoms with Crippen molar-refractivity contribution < 1.29 is 4.39 Å². The van der Waals surface area contributed by atoms with Gasteiger partial charge in [0.25, 0.3) is 0 Å². The fraction of sp³-hybridized carbons (Fsp3) is 0. The number of nitrogens with zero attached hydrogens (tertiary/aromatic N) is 2. The Labute approximate surface area is 114 Å². The second kappa shape index (κ2) is 4.82. The summed E-state index contributed by atoms with van der Waals surface area (Å²) in [5.74, 6) is 0.494. The van der Waals surface area contributed by atoms with E-state index in [-0.39, 0.29) is 5.82 Å². The third-order valence-corrected chi connectivity index (χ3v) is 2.94. The van der Waals surface area contributed by atoms with E-state index in [4.69, 9.17) is 11.6 Å². The molecule has 19 heavy (non-hydrogen) atoms. The molecular formula is C14H9ClFN3. The van der Waals surface area contributed by atoms with Crippen molar-refractivity contribution in [3.8, 4) is 22.8 Å². The summed E-state index contributed by atoms with van der Waals surface area (Å²) in [6.45, 7) is 0. The number of benzene rings is 2. The lowest BCUT2D eigenvalue weighted by atomic mass is 10.2. The van der Waals surface area contributed by atoms with Crippen LogP contribution in [0.5, 0.6) is 0 Å². The SMILES string of the molecule is Fc1ccc(Cl)cc1-c1nc(-c2ccccc2)n[nH]1. The summed E-state index contributed by atoms with van der Waals surface area (Å²) in [7, 11) is 0. The highest BCUT2D eigenvalue weighted by molar-refractivity contribution is 6.30. The lowest BCUT2D eigenvalue weighted by Gasteiger charge is -1.99. The fourth-order valence-electron chi connectivity index (χ4n) is 1.78. The summed E-state index contributed by atoms with van der Waals surface area (Å²) in [5.41, 5.74) is 1.18. The molecule has 3 nitrogen and oxygen atoms in total. The minimum absolute atomic E-state index is 0.308. The summed E-state index contributed by atoms with van der Waals surface area (Å²) < 4.78 is 13.7. The van der Waals surface area contributed by atoms with Gasteiger partial charge in [0.05, 0.1) is 5.56 Å². The predicted molar refractivity (Wildman–Crippen MR) is 72.2 cm³/mol. The van der Waals surface area contributed by atoms with Crippen molar-refractivity contribution in [2.45, 2.75) is 0 Å². The van der Waals surface area contributed by atoms with Gasteiger partial charge in [-0.15, -0.1) is 0 Å². The molecule has 0 aliphatic heterocycles. The van der Waals surface area contributed by atoms with Gasteiger partial charge in [0.15, 0.2) is 11.6 Å². The van der Waals surface area contributed by atoms with Crippen molar-refractivity contribution in [2.24, 2.45) is 0 Å². The molecule has 0 saturated heterocycles. The van der Waals surface area contributed by atoms with E-state index in [9.17, 15) is 4.39 Å². The summed E-state index contributed by atoms with van der Waals surface area (Å²) in [5, 5.41) is 7.27. The standard InChI is InChI=1S/C14H9ClFN3/c15-10-6-7-12(16)11(8-10)14-17-13(18-19-14)9-4-2-1-3-5-9/h1-8H,(H,17,18,19). The third-order valence-electron chi connectivity index (χ3n) is 2.70. The number of rotatable bonds is 2. The van der Waals surface area contributed by atoms with Crippen LogP contribution in [0.15, 0.2) is 48.5 Å². The maximum atomic E-state index is 13.7. The van der Waals surface area contributed by atoms with Crippen molar-refractivity contribution in [1.29, 1.82) is 0 Å². The first-order valence-corrected chi connectivity index (χ1v) is 6.05. The highest BCUT2D eigenvalue weighted by atomic mass is 35.5. The smallest absolute Gasteiger partial charge is 0.181 e. The molecule has 2 aromatic carbocycles. The van der Waals surface area contributed by atoms with E-state index in [2.05, 4.69) is 15.2 Å². The molecule has 0 unspecified atom stereocenters. The quantitative estimate of drug-likeness (QED) is 0.768. The molecule has 0 aliphatic carbocycles. The molecule has 0 aliphatic rings. The third kappa shape index (κ3) is 2.35. The Hall–Kier alpha value is -2.20. The molecule has 94 valence electrons. The average molecular weight is 274 g/mol. The zero-order valence-electron chi connectivity index (χ0n) is 9.77. The van der Waals surface area contributed by atoms with Crippen molar-refractivity contribution >= 4 is 11.6 Å². The van der Waals surface area contributed by atoms with Gasteiger partial charge in [0.1, 0.15) is 5.82 Å². The maximum Gasteiger partial charge on any atom is 0.181 e. The van der Waals surface area contributed by atoms with Crippen molar-refractivity contribution in [2.75, 3.05) is 0 Å². The molecule has 3 aromatic rings. The van der Waals surface area contributed by atoms with Crippen LogP contribution < -0.4 is 0 Å². The van der Waals surface area contributed by atoms with E-state index < -0.39 is 0 Å². The summed E-state index contributed by atoms with van der Waals surface area (Å²) in [4.78, 5) is 4.29. The number of hydrogen-bond acceptors (Lipinski definition) is 2. The molecule has 1 N–H and O–H groups in total. The Balaban J connectivity index is 2.04. The van der Waals surface area contributed by atoms with Gasteiger partial charge in [-0.25, -0.2) is 9.37 Å². The summed E-state index contributed by atoms with van der Waals surface area (Å²) in [6, 6.07) is 13.8. The first-order chi connectivity index (χ1) is 9.24. The van der Waals surface area contributed by atoms with Crippen LogP contribution >= 0.6 is 11.6 Å². The van der Waals surface area contributed by atoms with Crippen LogP contribution in [0.3, 0.4) is 0 Å². The van der Waals surface area contributed by atoms with Gasteiger partial charge < -0.3 is 0 Å². The molecule has 3 rings (SSSR count). The molecule has 0 radical (unpaired) electrons. The van der Waals surface area contributed by atoms with E-state index in [0.717, 1.165) is 5.56 Å². The Morgan fingerprint density at radius 1 is 1.05 bits per heavy atom. The van der Waals surface area contributed by atoms with Gasteiger partial charge in [0, 0.05) is 10.6 Å². The molecule has 0 fully saturated rings. The second-order valence-electron chi connectivity index (χ2n) is 4.00. The van der Waals surface area contributed by atoms with Crippen molar-refractivity contribution in [1.82, 2.24) is 15.2 Å². The van der Waals surface area contributed by atoms with Crippen LogP contribution in [-0.4, -0.2) is 15.2 Å². The molecule has 0 saturated carbocycles. The van der Waals surface area contributed by atoms with Gasteiger partial charge >= 0.3 is 0 Å². The Morgan fingerprint density at radius 3 is 2.63 bits per heavy atom. The van der Waals surface area contributed by atoms with E-state index >= 15 is 0 Å². The molecule has 0 spiro atoms. The number of halogens is 2. The topological polar surface area (TPSA) is 41.6 Å². The maximum absolute atomic E-state index is 13.7. The Morgan fingerprint density at radius 2 is 1.84 bits per heavy atom. The predicted octanol–water partition coefficient (Wildman–Crippen LogP) is 3.93. The summed E-state index contributed by atoms with van der Waals surface area (Å²) >= 11 is 5.86. The first kappa shape index (κ1) is 11.9. The number of aromatic amines is 1. The molecular weight excluding hydrogens is 265 g/mol. The minimum Gasteiger partial charge on any atom is -0.259 e. The molecule has 1 aromatic heterocycles. The van der Waals surface area contributed by atoms with Crippen LogP contribution in [0.4, 0.5) is 4.39 Å². The molecule has 5 heteroatoms. The van der Waals surface area contributed by atoms with E-state index in [1.807, 2.05) is 30.3 Å².